The van der Waals surface area contributed by atoms with Crippen molar-refractivity contribution in [2.24, 2.45) is 5.73 Å². The molecule has 0 saturated heterocycles. The molecule has 17 heavy (non-hydrogen) atoms. The molecular weight excluding hydrogens is 234 g/mol. The van der Waals surface area contributed by atoms with E-state index < -0.39 is 0 Å². The average Bonchev–Trinajstić information content (AvgIpc) is 2.20. The summed E-state index contributed by atoms with van der Waals surface area (Å²) in [6.45, 7) is 8.40. The maximum Gasteiger partial charge on any atom is 0.137 e. The van der Waals surface area contributed by atoms with Gasteiger partial charge in [-0.1, -0.05) is 23.2 Å². The highest BCUT2D eigenvalue weighted by Crippen LogP contribution is 2.26. The van der Waals surface area contributed by atoms with E-state index in [1.54, 1.807) is 0 Å². The summed E-state index contributed by atoms with van der Waals surface area (Å²) >= 11 is 6.14. The van der Waals surface area contributed by atoms with Crippen LogP contribution in [0.25, 0.3) is 0 Å². The molecular formula is C14H20ClNO. The third kappa shape index (κ3) is 5.24. The van der Waals surface area contributed by atoms with Crippen LogP contribution >= 0.6 is 11.6 Å². The van der Waals surface area contributed by atoms with Crippen LogP contribution in [0.15, 0.2) is 30.4 Å². The van der Waals surface area contributed by atoms with Crippen LogP contribution < -0.4 is 10.5 Å². The van der Waals surface area contributed by atoms with Crippen LogP contribution in [0.5, 0.6) is 5.75 Å². The Balaban J connectivity index is 2.59. The van der Waals surface area contributed by atoms with Crippen molar-refractivity contribution in [3.05, 3.63) is 40.9 Å². The van der Waals surface area contributed by atoms with Crippen molar-refractivity contribution < 1.29 is 4.74 Å². The first kappa shape index (κ1) is 14.1. The first-order valence-corrected chi connectivity index (χ1v) is 6.18. The van der Waals surface area contributed by atoms with Gasteiger partial charge in [-0.05, 0) is 38.0 Å². The number of hydrogen-bond donors (Lipinski definition) is 1. The number of rotatable bonds is 6. The molecule has 1 aromatic carbocycles. The van der Waals surface area contributed by atoms with Gasteiger partial charge in [-0.3, -0.25) is 0 Å². The molecule has 1 unspecified atom stereocenters. The number of benzene rings is 1. The van der Waals surface area contributed by atoms with Gasteiger partial charge in [0.1, 0.15) is 5.75 Å². The van der Waals surface area contributed by atoms with E-state index in [1.807, 2.05) is 32.0 Å². The highest BCUT2D eigenvalue weighted by atomic mass is 35.5. The fraction of sp³-hybridized carbons (Fsp3) is 0.429. The minimum atomic E-state index is 0.140. The first-order chi connectivity index (χ1) is 7.99. The molecule has 2 nitrogen and oxygen atoms in total. The minimum absolute atomic E-state index is 0.140. The second-order valence-corrected chi connectivity index (χ2v) is 4.91. The summed E-state index contributed by atoms with van der Waals surface area (Å²) in [4.78, 5) is 0. The Bertz CT molecular complexity index is 388. The molecule has 0 aliphatic heterocycles. The van der Waals surface area contributed by atoms with Crippen molar-refractivity contribution in [3.63, 3.8) is 0 Å². The summed E-state index contributed by atoms with van der Waals surface area (Å²) in [5.41, 5.74) is 7.98. The average molecular weight is 254 g/mol. The largest absolute Gasteiger partial charge is 0.492 e. The lowest BCUT2D eigenvalue weighted by atomic mass is 10.1. The quantitative estimate of drug-likeness (QED) is 0.787. The Hall–Kier alpha value is -0.990. The standard InChI is InChI=1S/C14H20ClNO/c1-10(2)6-7-17-14-5-4-12(8-11(3)16)9-13(14)15/h4-5,9,11H,1,6-8,16H2,2-3H3. The molecule has 0 aromatic heterocycles. The number of ether oxygens (including phenoxy) is 1. The Labute approximate surface area is 108 Å². The summed E-state index contributed by atoms with van der Waals surface area (Å²) in [7, 11) is 0. The Kier molecular flexibility index (Phi) is 5.52. The van der Waals surface area contributed by atoms with Gasteiger partial charge in [0.2, 0.25) is 0 Å². The van der Waals surface area contributed by atoms with Crippen molar-refractivity contribution in [3.8, 4) is 5.75 Å². The number of hydrogen-bond acceptors (Lipinski definition) is 2. The van der Waals surface area contributed by atoms with Crippen LogP contribution in [0.4, 0.5) is 0 Å². The van der Waals surface area contributed by atoms with Crippen LogP contribution in [0.2, 0.25) is 5.02 Å². The van der Waals surface area contributed by atoms with Gasteiger partial charge in [-0.15, -0.1) is 6.58 Å². The summed E-state index contributed by atoms with van der Waals surface area (Å²) in [5, 5.41) is 0.643. The van der Waals surface area contributed by atoms with E-state index in [-0.39, 0.29) is 6.04 Å². The van der Waals surface area contributed by atoms with Crippen molar-refractivity contribution in [1.29, 1.82) is 0 Å². The lowest BCUT2D eigenvalue weighted by Gasteiger charge is -2.10. The highest BCUT2D eigenvalue weighted by molar-refractivity contribution is 6.32. The predicted octanol–water partition coefficient (Wildman–Crippen LogP) is 3.57. The molecule has 0 spiro atoms. The van der Waals surface area contributed by atoms with Crippen molar-refractivity contribution in [1.82, 2.24) is 0 Å². The monoisotopic (exact) mass is 253 g/mol. The van der Waals surface area contributed by atoms with Gasteiger partial charge in [0, 0.05) is 12.5 Å². The second-order valence-electron chi connectivity index (χ2n) is 4.50. The first-order valence-electron chi connectivity index (χ1n) is 5.80. The van der Waals surface area contributed by atoms with Gasteiger partial charge < -0.3 is 10.5 Å². The van der Waals surface area contributed by atoms with Gasteiger partial charge in [0.15, 0.2) is 0 Å². The van der Waals surface area contributed by atoms with Crippen LogP contribution in [0, 0.1) is 0 Å². The smallest absolute Gasteiger partial charge is 0.137 e. The van der Waals surface area contributed by atoms with E-state index in [0.29, 0.717) is 11.6 Å². The topological polar surface area (TPSA) is 35.2 Å². The van der Waals surface area contributed by atoms with Gasteiger partial charge in [0.25, 0.3) is 0 Å². The van der Waals surface area contributed by atoms with Gasteiger partial charge >= 0.3 is 0 Å². The molecule has 0 saturated carbocycles. The van der Waals surface area contributed by atoms with Crippen molar-refractivity contribution >= 4 is 11.6 Å². The van der Waals surface area contributed by atoms with E-state index in [2.05, 4.69) is 6.58 Å². The molecule has 0 amide bonds. The summed E-state index contributed by atoms with van der Waals surface area (Å²) in [6.07, 6.45) is 1.67. The fourth-order valence-electron chi connectivity index (χ4n) is 1.50. The number of halogens is 1. The predicted molar refractivity (Wildman–Crippen MR) is 73.7 cm³/mol. The Morgan fingerprint density at radius 1 is 1.53 bits per heavy atom. The molecule has 94 valence electrons. The van der Waals surface area contributed by atoms with E-state index in [1.165, 1.54) is 0 Å². The molecule has 3 heteroatoms. The zero-order valence-corrected chi connectivity index (χ0v) is 11.3. The molecule has 0 fully saturated rings. The Morgan fingerprint density at radius 3 is 2.76 bits per heavy atom. The van der Waals surface area contributed by atoms with E-state index >= 15 is 0 Å². The van der Waals surface area contributed by atoms with Crippen LogP contribution in [0.1, 0.15) is 25.8 Å². The summed E-state index contributed by atoms with van der Waals surface area (Å²) < 4.78 is 5.58. The van der Waals surface area contributed by atoms with Crippen LogP contribution in [0.3, 0.4) is 0 Å². The molecule has 2 N–H and O–H groups in total. The fourth-order valence-corrected chi connectivity index (χ4v) is 1.75. The third-order valence-electron chi connectivity index (χ3n) is 2.34. The summed E-state index contributed by atoms with van der Waals surface area (Å²) in [6, 6.07) is 5.96. The van der Waals surface area contributed by atoms with E-state index in [4.69, 9.17) is 22.1 Å². The maximum atomic E-state index is 6.14. The molecule has 1 aromatic rings. The SMILES string of the molecule is C=C(C)CCOc1ccc(CC(C)N)cc1Cl. The lowest BCUT2D eigenvalue weighted by Crippen LogP contribution is -2.17. The number of nitrogens with two attached hydrogens (primary N) is 1. The van der Waals surface area contributed by atoms with Crippen LogP contribution in [-0.2, 0) is 6.42 Å². The van der Waals surface area contributed by atoms with Crippen LogP contribution in [-0.4, -0.2) is 12.6 Å². The normalized spacial score (nSPS) is 12.2. The maximum absolute atomic E-state index is 6.14. The molecule has 0 radical (unpaired) electrons. The summed E-state index contributed by atoms with van der Waals surface area (Å²) in [5.74, 6) is 0.723. The van der Waals surface area contributed by atoms with Crippen molar-refractivity contribution in [2.45, 2.75) is 32.7 Å². The zero-order valence-electron chi connectivity index (χ0n) is 10.5. The van der Waals surface area contributed by atoms with Crippen molar-refractivity contribution in [2.75, 3.05) is 6.61 Å². The van der Waals surface area contributed by atoms with Gasteiger partial charge in [0.05, 0.1) is 11.6 Å². The minimum Gasteiger partial charge on any atom is -0.492 e. The molecule has 0 heterocycles. The van der Waals surface area contributed by atoms with E-state index in [0.717, 1.165) is 29.7 Å². The highest BCUT2D eigenvalue weighted by Gasteiger charge is 2.04. The van der Waals surface area contributed by atoms with Gasteiger partial charge in [-0.25, -0.2) is 0 Å². The second kappa shape index (κ2) is 6.67. The van der Waals surface area contributed by atoms with E-state index in [9.17, 15) is 0 Å². The lowest BCUT2D eigenvalue weighted by molar-refractivity contribution is 0.322. The molecule has 0 aliphatic rings. The van der Waals surface area contributed by atoms with Gasteiger partial charge in [-0.2, -0.15) is 0 Å². The Morgan fingerprint density at radius 2 is 2.24 bits per heavy atom. The third-order valence-corrected chi connectivity index (χ3v) is 2.64. The molecule has 1 atom stereocenters. The molecule has 0 aliphatic carbocycles. The molecule has 0 bridgehead atoms. The molecule has 1 rings (SSSR count). The zero-order chi connectivity index (χ0) is 12.8.